The van der Waals surface area contributed by atoms with E-state index < -0.39 is 0 Å². The number of rotatable bonds is 3. The van der Waals surface area contributed by atoms with Crippen molar-refractivity contribution in [2.75, 3.05) is 0 Å². The van der Waals surface area contributed by atoms with Crippen molar-refractivity contribution in [2.24, 2.45) is 0 Å². The van der Waals surface area contributed by atoms with E-state index in [1.807, 2.05) is 12.5 Å². The Morgan fingerprint density at radius 1 is 1.28 bits per heavy atom. The molecule has 0 aliphatic carbocycles. The van der Waals surface area contributed by atoms with Crippen LogP contribution in [0.15, 0.2) is 30.7 Å². The van der Waals surface area contributed by atoms with Gasteiger partial charge < -0.3 is 9.88 Å². The summed E-state index contributed by atoms with van der Waals surface area (Å²) >= 11 is 0. The van der Waals surface area contributed by atoms with Crippen LogP contribution >= 0.6 is 0 Å². The average Bonchev–Trinajstić information content (AvgIpc) is 2.96. The molecule has 18 heavy (non-hydrogen) atoms. The van der Waals surface area contributed by atoms with E-state index in [4.69, 9.17) is 0 Å². The Labute approximate surface area is 108 Å². The predicted molar refractivity (Wildman–Crippen MR) is 72.4 cm³/mol. The van der Waals surface area contributed by atoms with E-state index in [2.05, 4.69) is 46.9 Å². The highest BCUT2D eigenvalue weighted by atomic mass is 15.0. The molecule has 3 nitrogen and oxygen atoms in total. The SMILES string of the molecule is CC(C)c1cncn1Cc1ccc2c(c1)CNC2. The van der Waals surface area contributed by atoms with Gasteiger partial charge in [-0.3, -0.25) is 0 Å². The second kappa shape index (κ2) is 4.58. The monoisotopic (exact) mass is 241 g/mol. The Morgan fingerprint density at radius 2 is 2.11 bits per heavy atom. The third kappa shape index (κ3) is 2.06. The molecule has 0 saturated carbocycles. The van der Waals surface area contributed by atoms with Crippen molar-refractivity contribution in [3.8, 4) is 0 Å². The van der Waals surface area contributed by atoms with Gasteiger partial charge in [0.05, 0.1) is 6.33 Å². The van der Waals surface area contributed by atoms with Crippen molar-refractivity contribution in [3.05, 3.63) is 53.1 Å². The van der Waals surface area contributed by atoms with Crippen molar-refractivity contribution in [1.29, 1.82) is 0 Å². The van der Waals surface area contributed by atoms with E-state index in [9.17, 15) is 0 Å². The number of hydrogen-bond donors (Lipinski definition) is 1. The number of imidazole rings is 1. The number of fused-ring (bicyclic) bond motifs is 1. The molecule has 0 fully saturated rings. The first-order valence-electron chi connectivity index (χ1n) is 6.55. The summed E-state index contributed by atoms with van der Waals surface area (Å²) < 4.78 is 2.24. The number of aromatic nitrogens is 2. The standard InChI is InChI=1S/C15H19N3/c1-11(2)15-8-17-10-18(15)9-12-3-4-13-6-16-7-14(13)5-12/h3-5,8,10-11,16H,6-7,9H2,1-2H3. The van der Waals surface area contributed by atoms with Gasteiger partial charge in [0.15, 0.2) is 0 Å². The molecule has 0 bridgehead atoms. The van der Waals surface area contributed by atoms with Gasteiger partial charge in [-0.1, -0.05) is 32.0 Å². The van der Waals surface area contributed by atoms with Gasteiger partial charge in [0.1, 0.15) is 0 Å². The molecule has 0 atom stereocenters. The summed E-state index contributed by atoms with van der Waals surface area (Å²) in [5.74, 6) is 0.517. The summed E-state index contributed by atoms with van der Waals surface area (Å²) in [6, 6.07) is 6.80. The van der Waals surface area contributed by atoms with Crippen molar-refractivity contribution >= 4 is 0 Å². The van der Waals surface area contributed by atoms with Crippen LogP contribution in [0.1, 0.15) is 42.1 Å². The number of nitrogens with zero attached hydrogens (tertiary/aromatic N) is 2. The lowest BCUT2D eigenvalue weighted by molar-refractivity contribution is 0.691. The highest BCUT2D eigenvalue weighted by Gasteiger charge is 2.11. The molecule has 1 aliphatic rings. The summed E-state index contributed by atoms with van der Waals surface area (Å²) in [7, 11) is 0. The smallest absolute Gasteiger partial charge is 0.0951 e. The Kier molecular flexibility index (Phi) is 2.92. The highest BCUT2D eigenvalue weighted by Crippen LogP contribution is 2.19. The molecule has 3 rings (SSSR count). The fourth-order valence-electron chi connectivity index (χ4n) is 2.59. The minimum atomic E-state index is 0.517. The molecular weight excluding hydrogens is 222 g/mol. The molecule has 2 aromatic rings. The lowest BCUT2D eigenvalue weighted by atomic mass is 10.1. The summed E-state index contributed by atoms with van der Waals surface area (Å²) in [6.45, 7) is 7.35. The summed E-state index contributed by atoms with van der Waals surface area (Å²) in [5.41, 5.74) is 5.54. The summed E-state index contributed by atoms with van der Waals surface area (Å²) in [5, 5.41) is 3.38. The van der Waals surface area contributed by atoms with E-state index in [1.54, 1.807) is 0 Å². The first-order chi connectivity index (χ1) is 8.74. The van der Waals surface area contributed by atoms with Crippen LogP contribution in [0, 0.1) is 0 Å². The van der Waals surface area contributed by atoms with E-state index in [1.165, 1.54) is 22.4 Å². The summed E-state index contributed by atoms with van der Waals surface area (Å²) in [6.07, 6.45) is 3.90. The number of nitrogens with one attached hydrogen (secondary N) is 1. The van der Waals surface area contributed by atoms with Crippen molar-refractivity contribution in [1.82, 2.24) is 14.9 Å². The van der Waals surface area contributed by atoms with Gasteiger partial charge in [-0.25, -0.2) is 4.98 Å². The van der Waals surface area contributed by atoms with Crippen molar-refractivity contribution in [2.45, 2.75) is 39.4 Å². The summed E-state index contributed by atoms with van der Waals surface area (Å²) in [4.78, 5) is 4.26. The van der Waals surface area contributed by atoms with Crippen LogP contribution < -0.4 is 5.32 Å². The minimum absolute atomic E-state index is 0.517. The zero-order valence-electron chi connectivity index (χ0n) is 11.0. The molecule has 1 aliphatic heterocycles. The number of benzene rings is 1. The van der Waals surface area contributed by atoms with Gasteiger partial charge in [-0.2, -0.15) is 0 Å². The van der Waals surface area contributed by atoms with E-state index >= 15 is 0 Å². The Morgan fingerprint density at radius 3 is 2.94 bits per heavy atom. The molecule has 94 valence electrons. The van der Waals surface area contributed by atoms with Gasteiger partial charge in [-0.05, 0) is 22.6 Å². The lowest BCUT2D eigenvalue weighted by Gasteiger charge is -2.11. The molecule has 0 radical (unpaired) electrons. The maximum absolute atomic E-state index is 4.26. The third-order valence-electron chi connectivity index (χ3n) is 3.59. The Balaban J connectivity index is 1.86. The fourth-order valence-corrected chi connectivity index (χ4v) is 2.59. The molecule has 0 unspecified atom stereocenters. The van der Waals surface area contributed by atoms with Crippen LogP contribution in [0.4, 0.5) is 0 Å². The lowest BCUT2D eigenvalue weighted by Crippen LogP contribution is -2.05. The van der Waals surface area contributed by atoms with Crippen LogP contribution in [0.3, 0.4) is 0 Å². The first kappa shape index (κ1) is 11.5. The first-order valence-corrected chi connectivity index (χ1v) is 6.55. The van der Waals surface area contributed by atoms with Gasteiger partial charge in [0.25, 0.3) is 0 Å². The minimum Gasteiger partial charge on any atom is -0.330 e. The molecule has 0 amide bonds. The van der Waals surface area contributed by atoms with Crippen LogP contribution in [0.2, 0.25) is 0 Å². The Hall–Kier alpha value is -1.61. The van der Waals surface area contributed by atoms with Gasteiger partial charge >= 0.3 is 0 Å². The second-order valence-electron chi connectivity index (χ2n) is 5.31. The highest BCUT2D eigenvalue weighted by molar-refractivity contribution is 5.34. The Bertz CT molecular complexity index is 555. The topological polar surface area (TPSA) is 29.9 Å². The van der Waals surface area contributed by atoms with E-state index in [0.717, 1.165) is 19.6 Å². The zero-order valence-corrected chi connectivity index (χ0v) is 11.0. The largest absolute Gasteiger partial charge is 0.330 e. The predicted octanol–water partition coefficient (Wildman–Crippen LogP) is 2.66. The quantitative estimate of drug-likeness (QED) is 0.895. The number of hydrogen-bond acceptors (Lipinski definition) is 2. The molecule has 1 aromatic heterocycles. The normalized spacial score (nSPS) is 14.2. The van der Waals surface area contributed by atoms with Gasteiger partial charge in [0, 0.05) is 31.5 Å². The van der Waals surface area contributed by atoms with E-state index in [0.29, 0.717) is 5.92 Å². The maximum Gasteiger partial charge on any atom is 0.0951 e. The molecule has 3 heteroatoms. The maximum atomic E-state index is 4.26. The molecular formula is C15H19N3. The van der Waals surface area contributed by atoms with Crippen molar-refractivity contribution < 1.29 is 0 Å². The van der Waals surface area contributed by atoms with Crippen molar-refractivity contribution in [3.63, 3.8) is 0 Å². The third-order valence-corrected chi connectivity index (χ3v) is 3.59. The van der Waals surface area contributed by atoms with Crippen LogP contribution in [0.5, 0.6) is 0 Å². The van der Waals surface area contributed by atoms with Crippen LogP contribution in [-0.4, -0.2) is 9.55 Å². The molecule has 1 aromatic carbocycles. The van der Waals surface area contributed by atoms with Crippen LogP contribution in [-0.2, 0) is 19.6 Å². The van der Waals surface area contributed by atoms with Gasteiger partial charge in [-0.15, -0.1) is 0 Å². The molecule has 2 heterocycles. The average molecular weight is 241 g/mol. The van der Waals surface area contributed by atoms with Crippen LogP contribution in [0.25, 0.3) is 0 Å². The van der Waals surface area contributed by atoms with Gasteiger partial charge in [0.2, 0.25) is 0 Å². The molecule has 0 saturated heterocycles. The molecule has 1 N–H and O–H groups in total. The fraction of sp³-hybridized carbons (Fsp3) is 0.400. The zero-order chi connectivity index (χ0) is 12.5. The second-order valence-corrected chi connectivity index (χ2v) is 5.31. The van der Waals surface area contributed by atoms with E-state index in [-0.39, 0.29) is 0 Å². The molecule has 0 spiro atoms.